The number of amides is 2. The molecular weight excluding hydrogens is 373 g/mol. The van der Waals surface area contributed by atoms with Gasteiger partial charge in [0, 0.05) is 0 Å². The van der Waals surface area contributed by atoms with E-state index in [0.717, 1.165) is 11.0 Å². The molecule has 8 heteroatoms. The van der Waals surface area contributed by atoms with Crippen molar-refractivity contribution in [3.63, 3.8) is 0 Å². The molecule has 1 aromatic carbocycles. The molecule has 3 aliphatic heterocycles. The van der Waals surface area contributed by atoms with Gasteiger partial charge in [-0.15, -0.1) is 0 Å². The lowest BCUT2D eigenvalue weighted by Gasteiger charge is -2.38. The Morgan fingerprint density at radius 1 is 1.07 bits per heavy atom. The molecule has 0 saturated carbocycles. The summed E-state index contributed by atoms with van der Waals surface area (Å²) in [6.07, 6.45) is -4.77. The van der Waals surface area contributed by atoms with Crippen LogP contribution in [0, 0.1) is 35.0 Å². The molecule has 1 aromatic rings. The smallest absolute Gasteiger partial charge is 0.367 e. The Balaban J connectivity index is 1.82. The molecule has 0 radical (unpaired) electrons. The fourth-order valence-electron chi connectivity index (χ4n) is 5.43. The molecule has 0 aromatic heterocycles. The molecule has 148 valence electrons. The van der Waals surface area contributed by atoms with Crippen LogP contribution in [0.3, 0.4) is 0 Å². The van der Waals surface area contributed by atoms with Gasteiger partial charge in [0.1, 0.15) is 0 Å². The first-order valence-electron chi connectivity index (χ1n) is 9.07. The number of hydrogen-bond acceptors (Lipinski definition) is 4. The average Bonchev–Trinajstić information content (AvgIpc) is 3.10. The van der Waals surface area contributed by atoms with Crippen LogP contribution in [-0.4, -0.2) is 23.0 Å². The fraction of sp³-hybridized carbons (Fsp3) is 0.550. The van der Waals surface area contributed by atoms with Gasteiger partial charge in [-0.2, -0.15) is 18.4 Å². The number of alkyl halides is 3. The van der Waals surface area contributed by atoms with Gasteiger partial charge in [0.25, 0.3) is 0 Å². The second-order valence-electron chi connectivity index (χ2n) is 8.35. The van der Waals surface area contributed by atoms with Gasteiger partial charge in [0.05, 0.1) is 45.9 Å². The maximum Gasteiger partial charge on any atom is 0.417 e. The van der Waals surface area contributed by atoms with Gasteiger partial charge in [-0.25, -0.2) is 4.90 Å². The molecular formula is C20H19F3N2O3. The lowest BCUT2D eigenvalue weighted by Crippen LogP contribution is -2.49. The summed E-state index contributed by atoms with van der Waals surface area (Å²) in [5.41, 5.74) is -3.58. The van der Waals surface area contributed by atoms with Gasteiger partial charge in [-0.1, -0.05) is 13.8 Å². The molecule has 0 aliphatic carbocycles. The van der Waals surface area contributed by atoms with E-state index < -0.39 is 52.2 Å². The Labute approximate surface area is 160 Å². The summed E-state index contributed by atoms with van der Waals surface area (Å²) < 4.78 is 46.2. The first kappa shape index (κ1) is 18.9. The number of carbonyl (C=O) groups is 2. The van der Waals surface area contributed by atoms with Crippen molar-refractivity contribution in [3.8, 4) is 6.07 Å². The minimum absolute atomic E-state index is 0.0159. The highest BCUT2D eigenvalue weighted by atomic mass is 19.4. The molecule has 2 unspecified atom stereocenters. The largest absolute Gasteiger partial charge is 0.417 e. The second-order valence-corrected chi connectivity index (χ2v) is 8.35. The van der Waals surface area contributed by atoms with E-state index in [-0.39, 0.29) is 17.5 Å². The average molecular weight is 392 g/mol. The highest BCUT2D eigenvalue weighted by Crippen LogP contribution is 2.65. The van der Waals surface area contributed by atoms with Gasteiger partial charge in [-0.05, 0) is 43.9 Å². The number of halogens is 3. The van der Waals surface area contributed by atoms with Crippen LogP contribution < -0.4 is 4.90 Å². The van der Waals surface area contributed by atoms with E-state index in [4.69, 9.17) is 10.00 Å². The monoisotopic (exact) mass is 392 g/mol. The highest BCUT2D eigenvalue weighted by molar-refractivity contribution is 6.23. The third-order valence-electron chi connectivity index (χ3n) is 7.23. The molecule has 5 nitrogen and oxygen atoms in total. The molecule has 2 bridgehead atoms. The normalized spacial score (nSPS) is 39.4. The predicted octanol–water partition coefficient (Wildman–Crippen LogP) is 3.52. The molecule has 3 aliphatic rings. The summed E-state index contributed by atoms with van der Waals surface area (Å²) in [6, 6.07) is 4.41. The van der Waals surface area contributed by atoms with Gasteiger partial charge in [0.15, 0.2) is 0 Å². The van der Waals surface area contributed by atoms with Crippen molar-refractivity contribution in [1.29, 1.82) is 5.26 Å². The minimum atomic E-state index is -4.77. The van der Waals surface area contributed by atoms with Gasteiger partial charge >= 0.3 is 6.18 Å². The topological polar surface area (TPSA) is 70.4 Å². The number of fused-ring (bicyclic) bond motifs is 5. The van der Waals surface area contributed by atoms with Crippen LogP contribution in [0.25, 0.3) is 0 Å². The van der Waals surface area contributed by atoms with E-state index in [1.54, 1.807) is 13.8 Å². The van der Waals surface area contributed by atoms with Crippen molar-refractivity contribution in [2.75, 3.05) is 4.90 Å². The molecule has 4 rings (SSSR count). The number of carbonyl (C=O) groups excluding carboxylic acids is 2. The van der Waals surface area contributed by atoms with E-state index >= 15 is 0 Å². The van der Waals surface area contributed by atoms with E-state index in [0.29, 0.717) is 6.07 Å². The van der Waals surface area contributed by atoms with E-state index in [1.165, 1.54) is 12.1 Å². The van der Waals surface area contributed by atoms with Crippen LogP contribution in [0.2, 0.25) is 0 Å². The first-order valence-corrected chi connectivity index (χ1v) is 9.07. The van der Waals surface area contributed by atoms with Crippen LogP contribution in [-0.2, 0) is 20.5 Å². The summed E-state index contributed by atoms with van der Waals surface area (Å²) in [7, 11) is 0. The zero-order valence-corrected chi connectivity index (χ0v) is 15.8. The number of hydrogen-bond donors (Lipinski definition) is 0. The van der Waals surface area contributed by atoms with Crippen LogP contribution in [0.5, 0.6) is 0 Å². The van der Waals surface area contributed by atoms with Gasteiger partial charge in [-0.3, -0.25) is 9.59 Å². The quantitative estimate of drug-likeness (QED) is 0.686. The van der Waals surface area contributed by atoms with Crippen molar-refractivity contribution < 1.29 is 27.5 Å². The maximum atomic E-state index is 13.3. The van der Waals surface area contributed by atoms with E-state index in [9.17, 15) is 22.8 Å². The number of anilines is 1. The van der Waals surface area contributed by atoms with Crippen LogP contribution in [0.15, 0.2) is 18.2 Å². The van der Waals surface area contributed by atoms with Gasteiger partial charge in [0.2, 0.25) is 11.8 Å². The minimum Gasteiger partial charge on any atom is -0.367 e. The van der Waals surface area contributed by atoms with Crippen molar-refractivity contribution in [1.82, 2.24) is 0 Å². The molecule has 3 fully saturated rings. The van der Waals surface area contributed by atoms with Crippen molar-refractivity contribution in [2.24, 2.45) is 23.7 Å². The SMILES string of the molecule is CC1[C@H](C)[C@]2(C)OC1(C)[C@H]1C(=O)N(c3ccc(C#N)c(C(F)(F)F)c3)C(=O)[C@H]12. The molecule has 28 heavy (non-hydrogen) atoms. The number of rotatable bonds is 1. The van der Waals surface area contributed by atoms with Crippen LogP contribution >= 0.6 is 0 Å². The number of ether oxygens (including phenoxy) is 1. The molecule has 2 amide bonds. The molecule has 3 saturated heterocycles. The van der Waals surface area contributed by atoms with E-state index in [1.807, 2.05) is 13.8 Å². The Hall–Kier alpha value is -2.40. The van der Waals surface area contributed by atoms with Gasteiger partial charge < -0.3 is 4.74 Å². The summed E-state index contributed by atoms with van der Waals surface area (Å²) in [5.74, 6) is -2.53. The van der Waals surface area contributed by atoms with Crippen molar-refractivity contribution >= 4 is 17.5 Å². The maximum absolute atomic E-state index is 13.3. The third-order valence-corrected chi connectivity index (χ3v) is 7.23. The summed E-state index contributed by atoms with van der Waals surface area (Å²) >= 11 is 0. The standard InChI is InChI=1S/C20H19F3N2O3/c1-9-10(2)19(4)15-14(18(9,3)28-19)16(26)25(17(15)27)12-6-5-11(8-24)13(7-12)20(21,22)23/h5-7,9-10,14-15H,1-4H3/t9-,10?,14-,15+,18-,19?/m0/s1. The Kier molecular flexibility index (Phi) is 3.62. The number of imide groups is 1. The summed E-state index contributed by atoms with van der Waals surface area (Å²) in [4.78, 5) is 27.2. The number of nitriles is 1. The molecule has 6 atom stereocenters. The molecule has 0 spiro atoms. The lowest BCUT2D eigenvalue weighted by atomic mass is 9.59. The predicted molar refractivity (Wildman–Crippen MR) is 91.9 cm³/mol. The lowest BCUT2D eigenvalue weighted by molar-refractivity contribution is -0.138. The first-order chi connectivity index (χ1) is 12.9. The zero-order chi connectivity index (χ0) is 20.8. The van der Waals surface area contributed by atoms with E-state index in [2.05, 4.69) is 0 Å². The van der Waals surface area contributed by atoms with Crippen LogP contribution in [0.1, 0.15) is 38.8 Å². The van der Waals surface area contributed by atoms with Crippen LogP contribution in [0.4, 0.5) is 18.9 Å². The highest BCUT2D eigenvalue weighted by Gasteiger charge is 2.77. The Morgan fingerprint density at radius 3 is 2.00 bits per heavy atom. The summed E-state index contributed by atoms with van der Waals surface area (Å²) in [6.45, 7) is 7.55. The zero-order valence-electron chi connectivity index (χ0n) is 15.8. The van der Waals surface area contributed by atoms with Crippen molar-refractivity contribution in [2.45, 2.75) is 45.1 Å². The Morgan fingerprint density at radius 2 is 1.57 bits per heavy atom. The molecule has 0 N–H and O–H groups in total. The fourth-order valence-corrected chi connectivity index (χ4v) is 5.43. The second kappa shape index (κ2) is 5.35. The van der Waals surface area contributed by atoms with Crippen molar-refractivity contribution in [3.05, 3.63) is 29.3 Å². The summed E-state index contributed by atoms with van der Waals surface area (Å²) in [5, 5.41) is 8.96. The number of nitrogens with zero attached hydrogens (tertiary/aromatic N) is 2. The number of benzene rings is 1. The third kappa shape index (κ3) is 2.05. The Bertz CT molecular complexity index is 915. The molecule has 3 heterocycles.